The Kier molecular flexibility index (Phi) is 5.42. The molecule has 1 aliphatic heterocycles. The first kappa shape index (κ1) is 16.2. The number of amides is 1. The van der Waals surface area contributed by atoms with Crippen LogP contribution < -0.4 is 0 Å². The van der Waals surface area contributed by atoms with Crippen LogP contribution in [0.4, 0.5) is 5.69 Å². The molecule has 1 aliphatic rings. The molecule has 1 saturated heterocycles. The van der Waals surface area contributed by atoms with Crippen LogP contribution in [0.1, 0.15) is 28.8 Å². The van der Waals surface area contributed by atoms with E-state index in [1.54, 1.807) is 17.0 Å². The fraction of sp³-hybridized carbons (Fsp3) is 0.429. The number of likely N-dealkylation sites (tertiary alicyclic amines) is 1. The lowest BCUT2D eigenvalue weighted by atomic mass is 9.98. The minimum atomic E-state index is -0.220. The molecule has 0 aromatic heterocycles. The molecule has 1 fully saturated rings. The van der Waals surface area contributed by atoms with Gasteiger partial charge in [0.1, 0.15) is 0 Å². The lowest BCUT2D eigenvalue weighted by Gasteiger charge is -2.29. The number of azide groups is 2. The minimum absolute atomic E-state index is 0.0619. The van der Waals surface area contributed by atoms with Gasteiger partial charge in [-0.2, -0.15) is 5.26 Å². The van der Waals surface area contributed by atoms with E-state index >= 15 is 0 Å². The molecule has 2 rings (SSSR count). The molecule has 0 radical (unpaired) electrons. The second-order valence-electron chi connectivity index (χ2n) is 5.19. The topological polar surface area (TPSA) is 142 Å². The number of piperidine rings is 1. The van der Waals surface area contributed by atoms with Crippen molar-refractivity contribution >= 4 is 11.6 Å². The van der Waals surface area contributed by atoms with Crippen molar-refractivity contribution in [3.05, 3.63) is 50.2 Å². The number of nitrogens with zero attached hydrogens (tertiary/aromatic N) is 8. The Labute approximate surface area is 132 Å². The number of benzene rings is 1. The smallest absolute Gasteiger partial charge is 0.253 e. The maximum atomic E-state index is 12.6. The van der Waals surface area contributed by atoms with Gasteiger partial charge in [0.05, 0.1) is 18.5 Å². The molecule has 0 aliphatic carbocycles. The van der Waals surface area contributed by atoms with Gasteiger partial charge in [0.25, 0.3) is 5.91 Å². The summed E-state index contributed by atoms with van der Waals surface area (Å²) >= 11 is 0. The van der Waals surface area contributed by atoms with E-state index in [0.717, 1.165) is 12.8 Å². The third-order valence-corrected chi connectivity index (χ3v) is 3.59. The Hall–Kier alpha value is -3.20. The van der Waals surface area contributed by atoms with E-state index in [4.69, 9.17) is 16.3 Å². The molecule has 1 atom stereocenters. The highest BCUT2D eigenvalue weighted by molar-refractivity contribution is 5.95. The van der Waals surface area contributed by atoms with Gasteiger partial charge in [-0.15, -0.1) is 0 Å². The Balaban J connectivity index is 2.31. The average Bonchev–Trinajstić information content (AvgIpc) is 2.59. The summed E-state index contributed by atoms with van der Waals surface area (Å²) in [4.78, 5) is 19.7. The maximum absolute atomic E-state index is 12.6. The summed E-state index contributed by atoms with van der Waals surface area (Å²) in [7, 11) is 0. The van der Waals surface area contributed by atoms with Gasteiger partial charge in [-0.3, -0.25) is 4.79 Å². The van der Waals surface area contributed by atoms with E-state index in [-0.39, 0.29) is 24.1 Å². The van der Waals surface area contributed by atoms with Crippen molar-refractivity contribution in [3.8, 4) is 6.07 Å². The molecule has 1 heterocycles. The standard InChI is InChI=1S/C14H14N8O/c15-7-10-2-1-3-22(9-10)14(23)12-4-11(8-18-20-16)5-13(6-12)19-21-17/h4-6,10H,1-3,8-9H2. The third-order valence-electron chi connectivity index (χ3n) is 3.59. The van der Waals surface area contributed by atoms with Crippen LogP contribution in [-0.4, -0.2) is 23.9 Å². The van der Waals surface area contributed by atoms with E-state index < -0.39 is 0 Å². The van der Waals surface area contributed by atoms with Gasteiger partial charge >= 0.3 is 0 Å². The third kappa shape index (κ3) is 4.14. The van der Waals surface area contributed by atoms with Gasteiger partial charge < -0.3 is 4.90 Å². The molecule has 0 N–H and O–H groups in total. The summed E-state index contributed by atoms with van der Waals surface area (Å²) < 4.78 is 0. The summed E-state index contributed by atoms with van der Waals surface area (Å²) in [6.07, 6.45) is 1.58. The number of rotatable bonds is 4. The first-order valence-electron chi connectivity index (χ1n) is 7.06. The highest BCUT2D eigenvalue weighted by Crippen LogP contribution is 2.23. The Bertz CT molecular complexity index is 740. The molecule has 9 nitrogen and oxygen atoms in total. The molecule has 0 bridgehead atoms. The normalized spacial score (nSPS) is 16.7. The van der Waals surface area contributed by atoms with E-state index in [0.29, 0.717) is 24.2 Å². The molecule has 23 heavy (non-hydrogen) atoms. The lowest BCUT2D eigenvalue weighted by molar-refractivity contribution is 0.0698. The predicted molar refractivity (Wildman–Crippen MR) is 82.3 cm³/mol. The van der Waals surface area contributed by atoms with Crippen LogP contribution in [0.5, 0.6) is 0 Å². The number of hydrogen-bond donors (Lipinski definition) is 0. The van der Waals surface area contributed by atoms with Crippen LogP contribution in [-0.2, 0) is 6.54 Å². The quantitative estimate of drug-likeness (QED) is 0.473. The molecule has 0 saturated carbocycles. The number of hydrogen-bond acceptors (Lipinski definition) is 4. The molecular formula is C14H14N8O. The molecule has 116 valence electrons. The zero-order chi connectivity index (χ0) is 16.7. The van der Waals surface area contributed by atoms with Crippen molar-refractivity contribution in [1.29, 1.82) is 5.26 Å². The van der Waals surface area contributed by atoms with Crippen molar-refractivity contribution in [3.63, 3.8) is 0 Å². The second kappa shape index (κ2) is 7.71. The van der Waals surface area contributed by atoms with Crippen LogP contribution >= 0.6 is 0 Å². The number of carbonyl (C=O) groups is 1. The van der Waals surface area contributed by atoms with Crippen LogP contribution in [0.25, 0.3) is 20.9 Å². The van der Waals surface area contributed by atoms with Crippen LogP contribution in [0.2, 0.25) is 0 Å². The molecule has 0 spiro atoms. The molecule has 1 unspecified atom stereocenters. The Morgan fingerprint density at radius 2 is 2.22 bits per heavy atom. The van der Waals surface area contributed by atoms with E-state index in [1.807, 2.05) is 0 Å². The summed E-state index contributed by atoms with van der Waals surface area (Å²) in [6.45, 7) is 1.05. The SMILES string of the molecule is N#CC1CCCN(C(=O)c2cc(CN=[N+]=[N-])cc(N=[N+]=[N-])c2)C1. The minimum Gasteiger partial charge on any atom is -0.337 e. The fourth-order valence-corrected chi connectivity index (χ4v) is 2.56. The summed E-state index contributed by atoms with van der Waals surface area (Å²) in [5, 5.41) is 16.0. The van der Waals surface area contributed by atoms with E-state index in [1.165, 1.54) is 6.07 Å². The molecule has 1 aromatic carbocycles. The Morgan fingerprint density at radius 3 is 2.91 bits per heavy atom. The molecule has 9 heteroatoms. The maximum Gasteiger partial charge on any atom is 0.253 e. The first-order valence-corrected chi connectivity index (χ1v) is 7.06. The monoisotopic (exact) mass is 310 g/mol. The average molecular weight is 310 g/mol. The largest absolute Gasteiger partial charge is 0.337 e. The number of carbonyl (C=O) groups excluding carboxylic acids is 1. The van der Waals surface area contributed by atoms with Gasteiger partial charge in [0, 0.05) is 34.2 Å². The highest BCUT2D eigenvalue weighted by atomic mass is 16.2. The Morgan fingerprint density at radius 1 is 1.39 bits per heavy atom. The van der Waals surface area contributed by atoms with Crippen molar-refractivity contribution in [2.24, 2.45) is 16.1 Å². The van der Waals surface area contributed by atoms with Crippen LogP contribution in [0.15, 0.2) is 28.4 Å². The lowest BCUT2D eigenvalue weighted by Crippen LogP contribution is -2.39. The van der Waals surface area contributed by atoms with E-state index in [9.17, 15) is 4.79 Å². The zero-order valence-electron chi connectivity index (χ0n) is 12.3. The fourth-order valence-electron chi connectivity index (χ4n) is 2.56. The van der Waals surface area contributed by atoms with Gasteiger partial charge in [0.15, 0.2) is 0 Å². The summed E-state index contributed by atoms with van der Waals surface area (Å²) in [5.41, 5.74) is 18.2. The predicted octanol–water partition coefficient (Wildman–Crippen LogP) is 3.81. The zero-order valence-corrected chi connectivity index (χ0v) is 12.3. The number of nitriles is 1. The van der Waals surface area contributed by atoms with Gasteiger partial charge in [-0.05, 0) is 47.7 Å². The van der Waals surface area contributed by atoms with Crippen LogP contribution in [0, 0.1) is 17.2 Å². The molecule has 1 amide bonds. The molecule has 1 aromatic rings. The summed E-state index contributed by atoms with van der Waals surface area (Å²) in [6, 6.07) is 6.88. The second-order valence-corrected chi connectivity index (χ2v) is 5.19. The van der Waals surface area contributed by atoms with E-state index in [2.05, 4.69) is 26.1 Å². The van der Waals surface area contributed by atoms with Crippen molar-refractivity contribution in [1.82, 2.24) is 4.90 Å². The van der Waals surface area contributed by atoms with Crippen molar-refractivity contribution in [2.75, 3.05) is 13.1 Å². The van der Waals surface area contributed by atoms with Gasteiger partial charge in [-0.1, -0.05) is 10.2 Å². The summed E-state index contributed by atoms with van der Waals surface area (Å²) in [5.74, 6) is -0.377. The van der Waals surface area contributed by atoms with Crippen LogP contribution in [0.3, 0.4) is 0 Å². The van der Waals surface area contributed by atoms with Gasteiger partial charge in [-0.25, -0.2) is 0 Å². The molecular weight excluding hydrogens is 296 g/mol. The first-order chi connectivity index (χ1) is 11.2. The highest BCUT2D eigenvalue weighted by Gasteiger charge is 2.24. The van der Waals surface area contributed by atoms with Crippen molar-refractivity contribution in [2.45, 2.75) is 19.4 Å². The van der Waals surface area contributed by atoms with Crippen molar-refractivity contribution < 1.29 is 4.79 Å². The van der Waals surface area contributed by atoms with Gasteiger partial charge in [0.2, 0.25) is 0 Å².